The molecule has 0 radical (unpaired) electrons. The third kappa shape index (κ3) is 2.36. The molecule has 0 amide bonds. The van der Waals surface area contributed by atoms with Gasteiger partial charge in [-0.25, -0.2) is 0 Å². The van der Waals surface area contributed by atoms with Crippen LogP contribution in [0.4, 0.5) is 0 Å². The van der Waals surface area contributed by atoms with Gasteiger partial charge >= 0.3 is 0 Å². The molecule has 0 aliphatic heterocycles. The highest BCUT2D eigenvalue weighted by Crippen LogP contribution is 2.25. The van der Waals surface area contributed by atoms with Gasteiger partial charge in [0.15, 0.2) is 0 Å². The minimum Gasteiger partial charge on any atom is -0.0836 e. The smallest absolute Gasteiger partial charge is 0.0493 e. The van der Waals surface area contributed by atoms with Crippen LogP contribution in [0.1, 0.15) is 5.56 Å². The number of hydrogen-bond acceptors (Lipinski definition) is 0. The molecule has 1 aromatic carbocycles. The second-order valence-corrected chi connectivity index (χ2v) is 3.46. The lowest BCUT2D eigenvalue weighted by molar-refractivity contribution is 1.66. The third-order valence-electron chi connectivity index (χ3n) is 1.23. The van der Waals surface area contributed by atoms with Gasteiger partial charge in [-0.2, -0.15) is 0 Å². The average Bonchev–Trinajstić information content (AvgIpc) is 1.97. The normalized spacial score (nSPS) is 10.8. The van der Waals surface area contributed by atoms with Crippen molar-refractivity contribution in [1.82, 2.24) is 0 Å². The molecule has 11 heavy (non-hydrogen) atoms. The van der Waals surface area contributed by atoms with E-state index < -0.39 is 0 Å². The van der Waals surface area contributed by atoms with Gasteiger partial charge in [0.05, 0.1) is 0 Å². The highest BCUT2D eigenvalue weighted by Gasteiger charge is 1.99. The minimum atomic E-state index is 0.686. The Kier molecular flexibility index (Phi) is 3.69. The number of rotatable bonds is 1. The van der Waals surface area contributed by atoms with Gasteiger partial charge in [0.1, 0.15) is 0 Å². The SMILES string of the molecule is Clc1cccc(Cl)c1C=CI. The van der Waals surface area contributed by atoms with Gasteiger partial charge in [0.25, 0.3) is 0 Å². The van der Waals surface area contributed by atoms with Crippen LogP contribution < -0.4 is 0 Å². The molecule has 0 nitrogen and oxygen atoms in total. The van der Waals surface area contributed by atoms with E-state index in [1.54, 1.807) is 0 Å². The molecule has 3 heteroatoms. The summed E-state index contributed by atoms with van der Waals surface area (Å²) in [5.41, 5.74) is 0.880. The fraction of sp³-hybridized carbons (Fsp3) is 0. The molecule has 0 aliphatic rings. The highest BCUT2D eigenvalue weighted by atomic mass is 127. The second-order valence-electron chi connectivity index (χ2n) is 1.93. The highest BCUT2D eigenvalue weighted by molar-refractivity contribution is 14.1. The van der Waals surface area contributed by atoms with Gasteiger partial charge in [-0.1, -0.05) is 51.9 Å². The number of hydrogen-bond donors (Lipinski definition) is 0. The predicted octanol–water partition coefficient (Wildman–Crippen LogP) is 4.40. The van der Waals surface area contributed by atoms with E-state index >= 15 is 0 Å². The molecule has 0 aromatic heterocycles. The average molecular weight is 299 g/mol. The molecule has 0 fully saturated rings. The van der Waals surface area contributed by atoms with Gasteiger partial charge < -0.3 is 0 Å². The van der Waals surface area contributed by atoms with Crippen molar-refractivity contribution in [2.45, 2.75) is 0 Å². The van der Waals surface area contributed by atoms with Crippen molar-refractivity contribution in [3.8, 4) is 0 Å². The Morgan fingerprint density at radius 2 is 1.73 bits per heavy atom. The lowest BCUT2D eigenvalue weighted by Gasteiger charge is -1.98. The van der Waals surface area contributed by atoms with E-state index in [4.69, 9.17) is 23.2 Å². The molecule has 0 N–H and O–H groups in total. The first kappa shape index (κ1) is 9.36. The van der Waals surface area contributed by atoms with Gasteiger partial charge in [0, 0.05) is 15.6 Å². The summed E-state index contributed by atoms with van der Waals surface area (Å²) < 4.78 is 1.88. The third-order valence-corrected chi connectivity index (χ3v) is 2.25. The standard InChI is InChI=1S/C8H5Cl2I/c9-7-2-1-3-8(10)6(7)4-5-11/h1-5H. The summed E-state index contributed by atoms with van der Waals surface area (Å²) in [5.74, 6) is 0. The Hall–Kier alpha value is 0.270. The molecule has 1 rings (SSSR count). The summed E-state index contributed by atoms with van der Waals surface area (Å²) in [6.07, 6.45) is 1.88. The Morgan fingerprint density at radius 1 is 1.18 bits per heavy atom. The molecule has 0 spiro atoms. The molecule has 58 valence electrons. The van der Waals surface area contributed by atoms with E-state index in [9.17, 15) is 0 Å². The van der Waals surface area contributed by atoms with Gasteiger partial charge in [-0.15, -0.1) is 0 Å². The topological polar surface area (TPSA) is 0 Å². The molecule has 0 bridgehead atoms. The zero-order valence-corrected chi connectivity index (χ0v) is 9.19. The van der Waals surface area contributed by atoms with Crippen LogP contribution in [0.25, 0.3) is 6.08 Å². The van der Waals surface area contributed by atoms with Crippen molar-refractivity contribution in [3.63, 3.8) is 0 Å². The molecule has 0 unspecified atom stereocenters. The summed E-state index contributed by atoms with van der Waals surface area (Å²) in [5, 5.41) is 1.37. The summed E-state index contributed by atoms with van der Waals surface area (Å²) in [7, 11) is 0. The summed E-state index contributed by atoms with van der Waals surface area (Å²) in [6.45, 7) is 0. The molecule has 0 saturated heterocycles. The predicted molar refractivity (Wildman–Crippen MR) is 59.5 cm³/mol. The van der Waals surface area contributed by atoms with Crippen molar-refractivity contribution in [2.24, 2.45) is 0 Å². The summed E-state index contributed by atoms with van der Waals surface area (Å²) >= 11 is 13.9. The largest absolute Gasteiger partial charge is 0.0836 e. The molecular weight excluding hydrogens is 294 g/mol. The van der Waals surface area contributed by atoms with E-state index in [2.05, 4.69) is 22.6 Å². The maximum absolute atomic E-state index is 5.87. The molecule has 0 heterocycles. The van der Waals surface area contributed by atoms with Crippen molar-refractivity contribution in [1.29, 1.82) is 0 Å². The van der Waals surface area contributed by atoms with Crippen molar-refractivity contribution in [2.75, 3.05) is 0 Å². The van der Waals surface area contributed by atoms with Crippen LogP contribution in [-0.2, 0) is 0 Å². The molecule has 0 atom stereocenters. The fourth-order valence-electron chi connectivity index (χ4n) is 0.733. The maximum atomic E-state index is 5.87. The van der Waals surface area contributed by atoms with Gasteiger partial charge in [0.2, 0.25) is 0 Å². The van der Waals surface area contributed by atoms with Crippen molar-refractivity contribution >= 4 is 51.9 Å². The van der Waals surface area contributed by atoms with Gasteiger partial charge in [-0.05, 0) is 22.3 Å². The van der Waals surface area contributed by atoms with Crippen LogP contribution in [0, 0.1) is 0 Å². The molecule has 1 aromatic rings. The maximum Gasteiger partial charge on any atom is 0.0493 e. The zero-order chi connectivity index (χ0) is 8.27. The van der Waals surface area contributed by atoms with Crippen LogP contribution in [0.2, 0.25) is 10.0 Å². The fourth-order valence-corrected chi connectivity index (χ4v) is 1.62. The first-order valence-electron chi connectivity index (χ1n) is 2.96. The summed E-state index contributed by atoms with van der Waals surface area (Å²) in [4.78, 5) is 0. The Labute approximate surface area is 89.3 Å². The lowest BCUT2D eigenvalue weighted by Crippen LogP contribution is -1.75. The van der Waals surface area contributed by atoms with E-state index in [1.807, 2.05) is 28.4 Å². The van der Waals surface area contributed by atoms with Crippen LogP contribution in [0.3, 0.4) is 0 Å². The molecule has 0 saturated carbocycles. The Bertz CT molecular complexity index is 261. The van der Waals surface area contributed by atoms with Crippen LogP contribution >= 0.6 is 45.8 Å². The molecule has 0 aliphatic carbocycles. The van der Waals surface area contributed by atoms with Crippen LogP contribution in [0.15, 0.2) is 22.3 Å². The Balaban J connectivity index is 3.20. The van der Waals surface area contributed by atoms with Crippen molar-refractivity contribution in [3.05, 3.63) is 37.9 Å². The quantitative estimate of drug-likeness (QED) is 0.674. The first-order valence-corrected chi connectivity index (χ1v) is 4.96. The van der Waals surface area contributed by atoms with E-state index in [-0.39, 0.29) is 0 Å². The van der Waals surface area contributed by atoms with Crippen LogP contribution in [0.5, 0.6) is 0 Å². The summed E-state index contributed by atoms with van der Waals surface area (Å²) in [6, 6.07) is 5.47. The first-order chi connectivity index (χ1) is 5.25. The second kappa shape index (κ2) is 4.33. The lowest BCUT2D eigenvalue weighted by atomic mass is 10.2. The van der Waals surface area contributed by atoms with Crippen molar-refractivity contribution < 1.29 is 0 Å². The van der Waals surface area contributed by atoms with E-state index in [1.165, 1.54) is 0 Å². The van der Waals surface area contributed by atoms with Crippen LogP contribution in [-0.4, -0.2) is 0 Å². The van der Waals surface area contributed by atoms with E-state index in [0.717, 1.165) is 5.56 Å². The molecular formula is C8H5Cl2I. The Morgan fingerprint density at radius 3 is 2.18 bits per heavy atom. The number of benzene rings is 1. The zero-order valence-electron chi connectivity index (χ0n) is 5.52. The minimum absolute atomic E-state index is 0.686. The van der Waals surface area contributed by atoms with Gasteiger partial charge in [-0.3, -0.25) is 0 Å². The van der Waals surface area contributed by atoms with E-state index in [0.29, 0.717) is 10.0 Å². The number of halogens is 3. The monoisotopic (exact) mass is 298 g/mol.